The van der Waals surface area contributed by atoms with Crippen LogP contribution in [0.2, 0.25) is 0 Å². The molecule has 0 aliphatic carbocycles. The van der Waals surface area contributed by atoms with Crippen LogP contribution in [-0.4, -0.2) is 31.7 Å². The zero-order valence-corrected chi connectivity index (χ0v) is 12.0. The van der Waals surface area contributed by atoms with Gasteiger partial charge in [-0.3, -0.25) is 4.79 Å². The van der Waals surface area contributed by atoms with E-state index in [1.807, 2.05) is 0 Å². The average Bonchev–Trinajstić information content (AvgIpc) is 2.38. The summed E-state index contributed by atoms with van der Waals surface area (Å²) in [7, 11) is -3.45. The Morgan fingerprint density at radius 3 is 2.80 bits per heavy atom. The van der Waals surface area contributed by atoms with E-state index in [1.54, 1.807) is 24.3 Å². The molecule has 0 saturated carbocycles. The Bertz CT molecular complexity index is 601. The number of piperidine rings is 1. The summed E-state index contributed by atoms with van der Waals surface area (Å²) in [5.41, 5.74) is 12.1. The van der Waals surface area contributed by atoms with E-state index in [1.165, 1.54) is 4.31 Å². The Hall–Kier alpha value is -1.60. The maximum absolute atomic E-state index is 12.4. The molecule has 110 valence electrons. The molecule has 1 saturated heterocycles. The molecule has 6 nitrogen and oxygen atoms in total. The van der Waals surface area contributed by atoms with Crippen LogP contribution < -0.4 is 11.5 Å². The van der Waals surface area contributed by atoms with E-state index in [4.69, 9.17) is 11.5 Å². The van der Waals surface area contributed by atoms with Crippen molar-refractivity contribution in [3.05, 3.63) is 29.8 Å². The molecule has 1 aromatic rings. The summed E-state index contributed by atoms with van der Waals surface area (Å²) >= 11 is 0. The van der Waals surface area contributed by atoms with Crippen molar-refractivity contribution < 1.29 is 13.2 Å². The first kappa shape index (κ1) is 14.8. The van der Waals surface area contributed by atoms with Crippen LogP contribution in [0.1, 0.15) is 18.4 Å². The van der Waals surface area contributed by atoms with Crippen molar-refractivity contribution in [2.24, 2.45) is 11.7 Å². The number of hydrogen-bond acceptors (Lipinski definition) is 4. The van der Waals surface area contributed by atoms with E-state index in [0.717, 1.165) is 0 Å². The number of benzene rings is 1. The maximum Gasteiger partial charge on any atom is 0.221 e. The molecule has 0 spiro atoms. The molecule has 7 heteroatoms. The number of carbonyl (C=O) groups is 1. The number of anilines is 1. The van der Waals surface area contributed by atoms with Crippen molar-refractivity contribution in [1.29, 1.82) is 0 Å². The van der Waals surface area contributed by atoms with Gasteiger partial charge in [-0.1, -0.05) is 12.1 Å². The maximum atomic E-state index is 12.4. The van der Waals surface area contributed by atoms with E-state index in [-0.39, 0.29) is 18.2 Å². The van der Waals surface area contributed by atoms with Gasteiger partial charge in [-0.2, -0.15) is 0 Å². The highest BCUT2D eigenvalue weighted by molar-refractivity contribution is 7.88. The highest BCUT2D eigenvalue weighted by Gasteiger charge is 2.31. The van der Waals surface area contributed by atoms with E-state index in [2.05, 4.69) is 0 Å². The molecule has 1 heterocycles. The zero-order valence-electron chi connectivity index (χ0n) is 11.2. The van der Waals surface area contributed by atoms with Crippen molar-refractivity contribution in [1.82, 2.24) is 4.31 Å². The molecule has 1 amide bonds. The molecule has 0 radical (unpaired) electrons. The molecule has 4 N–H and O–H groups in total. The quantitative estimate of drug-likeness (QED) is 0.779. The minimum Gasteiger partial charge on any atom is -0.399 e. The van der Waals surface area contributed by atoms with Gasteiger partial charge in [0.15, 0.2) is 0 Å². The standard InChI is InChI=1S/C13H19N3O3S/c14-12-5-1-3-10(7-12)9-20(18,19)16-6-2-4-11(8-16)13(15)17/h1,3,5,7,11H,2,4,6,8-9,14H2,(H2,15,17). The number of primary amides is 1. The van der Waals surface area contributed by atoms with Gasteiger partial charge in [-0.05, 0) is 30.5 Å². The van der Waals surface area contributed by atoms with Gasteiger partial charge < -0.3 is 11.5 Å². The van der Waals surface area contributed by atoms with Crippen molar-refractivity contribution in [2.75, 3.05) is 18.8 Å². The van der Waals surface area contributed by atoms with Gasteiger partial charge >= 0.3 is 0 Å². The Labute approximate surface area is 118 Å². The number of hydrogen-bond donors (Lipinski definition) is 2. The monoisotopic (exact) mass is 297 g/mol. The molecule has 1 unspecified atom stereocenters. The number of carbonyl (C=O) groups excluding carboxylic acids is 1. The minimum atomic E-state index is -3.45. The van der Waals surface area contributed by atoms with Crippen molar-refractivity contribution in [3.63, 3.8) is 0 Å². The Morgan fingerprint density at radius 1 is 1.40 bits per heavy atom. The van der Waals surface area contributed by atoms with Crippen LogP contribution in [0.3, 0.4) is 0 Å². The normalized spacial score (nSPS) is 20.7. The lowest BCUT2D eigenvalue weighted by molar-refractivity contribution is -0.122. The van der Waals surface area contributed by atoms with Crippen LogP contribution >= 0.6 is 0 Å². The van der Waals surface area contributed by atoms with Gasteiger partial charge in [-0.15, -0.1) is 0 Å². The molecule has 1 fully saturated rings. The van der Waals surface area contributed by atoms with Crippen LogP contribution in [0.5, 0.6) is 0 Å². The smallest absolute Gasteiger partial charge is 0.221 e. The first-order valence-electron chi connectivity index (χ1n) is 6.50. The predicted molar refractivity (Wildman–Crippen MR) is 77.0 cm³/mol. The first-order chi connectivity index (χ1) is 9.38. The van der Waals surface area contributed by atoms with Gasteiger partial charge in [0.1, 0.15) is 0 Å². The third-order valence-corrected chi connectivity index (χ3v) is 5.30. The highest BCUT2D eigenvalue weighted by Crippen LogP contribution is 2.21. The zero-order chi connectivity index (χ0) is 14.8. The number of nitrogens with zero attached hydrogens (tertiary/aromatic N) is 1. The average molecular weight is 297 g/mol. The van der Waals surface area contributed by atoms with Crippen LogP contribution in [0.15, 0.2) is 24.3 Å². The second kappa shape index (κ2) is 5.80. The lowest BCUT2D eigenvalue weighted by Crippen LogP contribution is -2.44. The molecular weight excluding hydrogens is 278 g/mol. The van der Waals surface area contributed by atoms with Gasteiger partial charge in [0, 0.05) is 18.8 Å². The molecule has 1 aromatic carbocycles. The lowest BCUT2D eigenvalue weighted by atomic mass is 9.99. The molecule has 1 aliphatic rings. The highest BCUT2D eigenvalue weighted by atomic mass is 32.2. The summed E-state index contributed by atoms with van der Waals surface area (Å²) in [6.45, 7) is 0.619. The molecule has 20 heavy (non-hydrogen) atoms. The topological polar surface area (TPSA) is 106 Å². The van der Waals surface area contributed by atoms with Gasteiger partial charge in [0.25, 0.3) is 0 Å². The second-order valence-corrected chi connectivity index (χ2v) is 7.07. The minimum absolute atomic E-state index is 0.108. The number of sulfonamides is 1. The van der Waals surface area contributed by atoms with Crippen molar-refractivity contribution >= 4 is 21.6 Å². The summed E-state index contributed by atoms with van der Waals surface area (Å²) in [5.74, 6) is -0.933. The SMILES string of the molecule is NC(=O)C1CCCN(S(=O)(=O)Cc2cccc(N)c2)C1. The molecule has 1 atom stereocenters. The Balaban J connectivity index is 2.12. The third kappa shape index (κ3) is 3.49. The summed E-state index contributed by atoms with van der Waals surface area (Å²) in [6.07, 6.45) is 1.31. The fraction of sp³-hybridized carbons (Fsp3) is 0.462. The van der Waals surface area contributed by atoms with Crippen LogP contribution in [0.4, 0.5) is 5.69 Å². The number of nitrogens with two attached hydrogens (primary N) is 2. The van der Waals surface area contributed by atoms with E-state index in [9.17, 15) is 13.2 Å². The van der Waals surface area contributed by atoms with Crippen LogP contribution in [0, 0.1) is 5.92 Å². The number of amides is 1. The fourth-order valence-corrected chi connectivity index (χ4v) is 4.01. The summed E-state index contributed by atoms with van der Waals surface area (Å²) in [5, 5.41) is 0. The fourth-order valence-electron chi connectivity index (χ4n) is 2.41. The number of nitrogen functional groups attached to an aromatic ring is 1. The molecule has 1 aliphatic heterocycles. The Kier molecular flexibility index (Phi) is 4.29. The summed E-state index contributed by atoms with van der Waals surface area (Å²) in [6, 6.07) is 6.80. The van der Waals surface area contributed by atoms with Crippen molar-refractivity contribution in [2.45, 2.75) is 18.6 Å². The number of rotatable bonds is 4. The van der Waals surface area contributed by atoms with E-state index in [0.29, 0.717) is 30.6 Å². The first-order valence-corrected chi connectivity index (χ1v) is 8.11. The second-order valence-electron chi connectivity index (χ2n) is 5.10. The van der Waals surface area contributed by atoms with Crippen LogP contribution in [-0.2, 0) is 20.6 Å². The van der Waals surface area contributed by atoms with E-state index >= 15 is 0 Å². The molecule has 2 rings (SSSR count). The summed E-state index contributed by atoms with van der Waals surface area (Å²) < 4.78 is 26.1. The summed E-state index contributed by atoms with van der Waals surface area (Å²) in [4.78, 5) is 11.2. The molecule has 0 aromatic heterocycles. The van der Waals surface area contributed by atoms with Crippen LogP contribution in [0.25, 0.3) is 0 Å². The molecule has 0 bridgehead atoms. The molecular formula is C13H19N3O3S. The third-order valence-electron chi connectivity index (χ3n) is 3.48. The lowest BCUT2D eigenvalue weighted by Gasteiger charge is -2.30. The van der Waals surface area contributed by atoms with Gasteiger partial charge in [0.2, 0.25) is 15.9 Å². The predicted octanol–water partition coefficient (Wildman–Crippen LogP) is 0.296. The van der Waals surface area contributed by atoms with Gasteiger partial charge in [0.05, 0.1) is 11.7 Å². The van der Waals surface area contributed by atoms with Crippen molar-refractivity contribution in [3.8, 4) is 0 Å². The van der Waals surface area contributed by atoms with Gasteiger partial charge in [-0.25, -0.2) is 12.7 Å². The largest absolute Gasteiger partial charge is 0.399 e. The Morgan fingerprint density at radius 2 is 2.15 bits per heavy atom. The van der Waals surface area contributed by atoms with E-state index < -0.39 is 15.9 Å².